The number of anilines is 2. The number of ether oxygens (including phenoxy) is 2. The number of thiophene rings is 1. The van der Waals surface area contributed by atoms with E-state index in [9.17, 15) is 17.0 Å². The van der Waals surface area contributed by atoms with Crippen molar-refractivity contribution in [2.45, 2.75) is 120 Å². The zero-order valence-corrected chi connectivity index (χ0v) is 45.6. The first-order chi connectivity index (χ1) is 28.6. The SMILES string of the molecule is CC1(C)CCCCC1.CC[NH+]1CCC(C)(C)CC1.COc1ncc(-c2nc(N3CCOCC3)nc3c(CN4CCC(C)(C)CC4)c(C)sc23)cc1NS(C)(=O)=O.FB(F)CCl.[F-].[K+]. The Morgan fingerprint density at radius 2 is 1.49 bits per heavy atom. The van der Waals surface area contributed by atoms with E-state index in [2.05, 4.69) is 86.5 Å². The average Bonchev–Trinajstić information content (AvgIpc) is 3.52. The predicted octanol–water partition coefficient (Wildman–Crippen LogP) is 2.79. The number of quaternary nitrogens is 1. The third-order valence-electron chi connectivity index (χ3n) is 12.5. The van der Waals surface area contributed by atoms with Gasteiger partial charge < -0.3 is 24.0 Å². The van der Waals surface area contributed by atoms with Crippen LogP contribution in [0.5, 0.6) is 5.88 Å². The van der Waals surface area contributed by atoms with E-state index in [-0.39, 0.29) is 67.7 Å². The first-order valence-electron chi connectivity index (χ1n) is 22.2. The largest absolute Gasteiger partial charge is 1.00 e. The molecule has 3 aliphatic heterocycles. The van der Waals surface area contributed by atoms with Crippen LogP contribution in [-0.4, -0.2) is 114 Å². The summed E-state index contributed by atoms with van der Waals surface area (Å²) in [5.41, 5.74) is 5.61. The normalized spacial score (nSPS) is 19.6. The van der Waals surface area contributed by atoms with Gasteiger partial charge in [0.1, 0.15) is 5.69 Å². The molecular formula is C44H74BClF3KN7O4S2+. The topological polar surface area (TPSA) is 114 Å². The molecular weight excluding hydrogens is 897 g/mol. The number of hydrogen-bond donors (Lipinski definition) is 2. The van der Waals surface area contributed by atoms with Gasteiger partial charge in [-0.25, -0.2) is 23.4 Å². The maximum Gasteiger partial charge on any atom is 1.00 e. The number of aryl methyl sites for hydroxylation is 1. The van der Waals surface area contributed by atoms with Crippen molar-refractivity contribution in [3.05, 3.63) is 22.7 Å². The number of piperidine rings is 2. The van der Waals surface area contributed by atoms with Gasteiger partial charge in [0.05, 0.1) is 67.9 Å². The molecule has 0 amide bonds. The summed E-state index contributed by atoms with van der Waals surface area (Å²) in [6, 6.07) is 1.74. The second kappa shape index (κ2) is 26.7. The number of nitrogens with zero attached hydrogens (tertiary/aromatic N) is 5. The fourth-order valence-electron chi connectivity index (χ4n) is 8.11. The van der Waals surface area contributed by atoms with Crippen LogP contribution in [0.3, 0.4) is 0 Å². The van der Waals surface area contributed by atoms with E-state index in [0.717, 1.165) is 41.8 Å². The summed E-state index contributed by atoms with van der Waals surface area (Å²) in [5.74, 6) is 0.303. The molecule has 1 saturated carbocycles. The standard InChI is InChI=1S/C26H36N6O4S2.C9H19N.C8H16.CH2BClF2.FH.K/c1-17-19(16-31-8-6-26(2,3)7-9-31)22-23(37-17)21(28-25(29-22)32-10-12-36-13-11-32)18-14-20(30-38(5,33)34)24(35-4)27-15-18;1-4-10-7-5-9(2,3)6-8-10;1-8(2)6-4-3-5-7-8;3-1-2(4)5;;/h14-15,30H,6-13,16H2,1-5H3;4-8H2,1-3H3;3-7H2,1-2H3;1H2;1H;/q;;;;;+1. The third-order valence-corrected chi connectivity index (χ3v) is 14.4. The molecule has 0 aromatic carbocycles. The number of rotatable bonds is 9. The number of nitrogens with one attached hydrogen (secondary N) is 2. The Morgan fingerprint density at radius 1 is 0.937 bits per heavy atom. The number of sulfonamides is 1. The number of aromatic nitrogens is 3. The average molecular weight is 972 g/mol. The van der Waals surface area contributed by atoms with Gasteiger partial charge in [0.2, 0.25) is 21.9 Å². The number of hydrogen-bond acceptors (Lipinski definition) is 10. The van der Waals surface area contributed by atoms with Gasteiger partial charge in [-0.1, -0.05) is 60.8 Å². The molecule has 63 heavy (non-hydrogen) atoms. The molecule has 352 valence electrons. The fourth-order valence-corrected chi connectivity index (χ4v) is 9.77. The number of halogens is 4. The van der Waals surface area contributed by atoms with E-state index in [4.69, 9.17) is 19.4 Å². The monoisotopic (exact) mass is 970 g/mol. The van der Waals surface area contributed by atoms with Crippen LogP contribution in [-0.2, 0) is 21.3 Å². The first-order valence-corrected chi connectivity index (χ1v) is 25.4. The smallest absolute Gasteiger partial charge is 1.00 e. The Balaban J connectivity index is 0.000000444. The molecule has 1 aliphatic carbocycles. The molecule has 19 heteroatoms. The predicted molar refractivity (Wildman–Crippen MR) is 252 cm³/mol. The molecule has 4 aliphatic rings. The van der Waals surface area contributed by atoms with Gasteiger partial charge in [0, 0.05) is 54.7 Å². The van der Waals surface area contributed by atoms with E-state index in [1.54, 1.807) is 28.5 Å². The van der Waals surface area contributed by atoms with E-state index in [0.29, 0.717) is 54.1 Å². The Kier molecular flexibility index (Phi) is 24.7. The molecule has 6 heterocycles. The van der Waals surface area contributed by atoms with Crippen LogP contribution < -0.4 is 75.3 Å². The van der Waals surface area contributed by atoms with Gasteiger partial charge in [-0.05, 0) is 74.9 Å². The van der Waals surface area contributed by atoms with Gasteiger partial charge in [0.25, 0.3) is 0 Å². The van der Waals surface area contributed by atoms with Crippen molar-refractivity contribution in [3.8, 4) is 17.1 Å². The van der Waals surface area contributed by atoms with E-state index >= 15 is 0 Å². The number of pyridine rings is 1. The van der Waals surface area contributed by atoms with E-state index in [1.165, 1.54) is 95.0 Å². The summed E-state index contributed by atoms with van der Waals surface area (Å²) in [7, 11) is -4.42. The third kappa shape index (κ3) is 19.4. The molecule has 0 atom stereocenters. The van der Waals surface area contributed by atoms with Crippen LogP contribution in [0.15, 0.2) is 12.3 Å². The zero-order chi connectivity index (χ0) is 45.0. The zero-order valence-electron chi connectivity index (χ0n) is 40.1. The van der Waals surface area contributed by atoms with Crippen LogP contribution in [0.1, 0.15) is 117 Å². The van der Waals surface area contributed by atoms with E-state index in [1.807, 2.05) is 0 Å². The van der Waals surface area contributed by atoms with Crippen molar-refractivity contribution >= 4 is 62.1 Å². The number of alkyl halides is 1. The molecule has 4 fully saturated rings. The molecule has 7 rings (SSSR count). The molecule has 3 aromatic rings. The summed E-state index contributed by atoms with van der Waals surface area (Å²) in [6.07, 6.45) is 15.3. The molecule has 0 spiro atoms. The molecule has 0 radical (unpaired) electrons. The van der Waals surface area contributed by atoms with Crippen LogP contribution >= 0.6 is 22.9 Å². The van der Waals surface area contributed by atoms with Crippen LogP contribution in [0.25, 0.3) is 21.5 Å². The summed E-state index contributed by atoms with van der Waals surface area (Å²) < 4.78 is 59.7. The first kappa shape index (κ1) is 58.3. The Labute approximate surface area is 429 Å². The molecule has 3 saturated heterocycles. The molecule has 3 aromatic heterocycles. The van der Waals surface area contributed by atoms with Crippen molar-refractivity contribution in [1.29, 1.82) is 0 Å². The van der Waals surface area contributed by atoms with Crippen molar-refractivity contribution in [3.63, 3.8) is 0 Å². The minimum Gasteiger partial charge on any atom is -1.00 e. The number of likely N-dealkylation sites (tertiary alicyclic amines) is 2. The number of methoxy groups -OCH3 is 1. The second-order valence-electron chi connectivity index (χ2n) is 19.4. The van der Waals surface area contributed by atoms with Crippen LogP contribution in [0.2, 0.25) is 0 Å². The quantitative estimate of drug-likeness (QED) is 0.247. The van der Waals surface area contributed by atoms with Crippen LogP contribution in [0, 0.1) is 23.2 Å². The van der Waals surface area contributed by atoms with Gasteiger partial charge in [-0.2, -0.15) is 0 Å². The van der Waals surface area contributed by atoms with Crippen molar-refractivity contribution < 1.29 is 87.5 Å². The molecule has 0 bridgehead atoms. The van der Waals surface area contributed by atoms with E-state index < -0.39 is 23.1 Å². The van der Waals surface area contributed by atoms with Crippen molar-refractivity contribution in [2.75, 3.05) is 87.8 Å². The maximum absolute atomic E-state index is 12.0. The van der Waals surface area contributed by atoms with Gasteiger partial charge in [-0.3, -0.25) is 18.3 Å². The van der Waals surface area contributed by atoms with Gasteiger partial charge in [-0.15, -0.1) is 22.9 Å². The Morgan fingerprint density at radius 3 is 1.98 bits per heavy atom. The number of morpholine rings is 1. The van der Waals surface area contributed by atoms with Crippen LogP contribution in [0.4, 0.5) is 20.3 Å². The fraction of sp³-hybridized carbons (Fsp3) is 0.750. The Hall–Kier alpha value is -0.799. The molecule has 0 unspecified atom stereocenters. The number of fused-ring (bicyclic) bond motifs is 1. The summed E-state index contributed by atoms with van der Waals surface area (Å²) in [4.78, 5) is 22.2. The van der Waals surface area contributed by atoms with Crippen molar-refractivity contribution in [2.24, 2.45) is 16.2 Å². The van der Waals surface area contributed by atoms with Crippen molar-refractivity contribution in [1.82, 2.24) is 19.9 Å². The Bertz CT molecular complexity index is 1930. The maximum atomic E-state index is 12.0. The molecule has 2 N–H and O–H groups in total. The summed E-state index contributed by atoms with van der Waals surface area (Å²) in [5, 5.41) is 0. The minimum atomic E-state index is -3.53. The van der Waals surface area contributed by atoms with Gasteiger partial charge >= 0.3 is 58.7 Å². The molecule has 11 nitrogen and oxygen atoms in total. The van der Waals surface area contributed by atoms with Gasteiger partial charge in [0.15, 0.2) is 0 Å². The second-order valence-corrected chi connectivity index (χ2v) is 22.7. The summed E-state index contributed by atoms with van der Waals surface area (Å²) in [6.45, 7) is 28.4. The summed E-state index contributed by atoms with van der Waals surface area (Å²) >= 11 is 6.27. The minimum absolute atomic E-state index is 0.